The number of carbonyl (C=O) groups excluding carboxylic acids is 4. The van der Waals surface area contributed by atoms with Gasteiger partial charge in [0.05, 0.1) is 33.0 Å². The van der Waals surface area contributed by atoms with E-state index in [1.807, 2.05) is 106 Å². The van der Waals surface area contributed by atoms with E-state index in [4.69, 9.17) is 87.3 Å². The highest BCUT2D eigenvalue weighted by Gasteiger charge is 2.53. The minimum atomic E-state index is -1.42. The third-order valence-corrected chi connectivity index (χ3v) is 17.0. The summed E-state index contributed by atoms with van der Waals surface area (Å²) in [7, 11) is 0. The van der Waals surface area contributed by atoms with Crippen LogP contribution in [0.4, 0.5) is 0 Å². The van der Waals surface area contributed by atoms with Crippen molar-refractivity contribution < 1.29 is 123 Å². The summed E-state index contributed by atoms with van der Waals surface area (Å²) in [5, 5.41) is 88.6. The molecule has 0 unspecified atom stereocenters. The van der Waals surface area contributed by atoms with Crippen molar-refractivity contribution in [3.63, 3.8) is 0 Å². The van der Waals surface area contributed by atoms with Crippen molar-refractivity contribution in [1.29, 1.82) is 0 Å². The van der Waals surface area contributed by atoms with E-state index < -0.39 is 129 Å². The molecule has 0 amide bonds. The lowest BCUT2D eigenvalue weighted by Gasteiger charge is -2.44. The molecule has 3 heterocycles. The molecule has 0 bridgehead atoms. The van der Waals surface area contributed by atoms with Crippen LogP contribution in [0, 0.1) is 0 Å². The Hall–Kier alpha value is -7.09. The van der Waals surface area contributed by atoms with Crippen molar-refractivity contribution >= 4 is 58.7 Å². The molecule has 0 aromatic heterocycles. The van der Waals surface area contributed by atoms with Crippen LogP contribution in [0.25, 0.3) is 0 Å². The lowest BCUT2D eigenvalue weighted by Crippen LogP contribution is -2.59. The molecule has 0 saturated carbocycles. The van der Waals surface area contributed by atoms with Gasteiger partial charge >= 0.3 is 23.9 Å². The van der Waals surface area contributed by atoms with Crippen molar-refractivity contribution in [2.75, 3.05) is 46.2 Å². The number of carbonyl (C=O) groups is 4. The van der Waals surface area contributed by atoms with Gasteiger partial charge in [-0.2, -0.15) is 0 Å². The van der Waals surface area contributed by atoms with Gasteiger partial charge in [0.25, 0.3) is 0 Å². The monoisotopic (exact) mass is 1490 g/mol. The number of hydrogen-bond donors (Lipinski definition) is 9. The standard InChI is InChI=1S/C29H33ClO10.2C21H25ClO6.C2H6O.CH4.2H2O/c1-6-35-23-10-7-20(8-11-23)13-22-14-21(9-12-24(22)30)26-28(38-18(4)33)29(39-19(5)34)27(37-17(3)32)25(40-26)15-36-16(2)31;2*1-2-27-15-6-3-12(4-7-15)9-14-10-13(5-8-16(14)22)21-20(26)19(25)18(24)17(11-23)28-21;1-2-3;;;/h7-12,14,25-29H,6,13,15H2,1-5H3;2*3-8,10,17-21,23-26H,2,9,11H2,1H3;3H,2H2,1H3;1H4;2*1H2/t25-,26+,27-,28+,29+;2*17-,18-,19+,20-,21+;;;;/m111..../s1. The van der Waals surface area contributed by atoms with Gasteiger partial charge in [0.2, 0.25) is 0 Å². The predicted octanol–water partition coefficient (Wildman–Crippen LogP) is 6.80. The normalized spacial score (nSPS) is 24.0. The fraction of sp³-hybridized carbons (Fsp3) is 0.459. The Balaban J connectivity index is 0.000000392. The molecule has 3 saturated heterocycles. The third kappa shape index (κ3) is 25.4. The summed E-state index contributed by atoms with van der Waals surface area (Å²) in [6.07, 6.45) is -16.0. The summed E-state index contributed by atoms with van der Waals surface area (Å²) in [4.78, 5) is 47.8. The first kappa shape index (κ1) is 89.1. The summed E-state index contributed by atoms with van der Waals surface area (Å²) >= 11 is 19.2. The minimum Gasteiger partial charge on any atom is -0.494 e. The topological polar surface area (TPSA) is 406 Å². The van der Waals surface area contributed by atoms with Crippen molar-refractivity contribution in [2.45, 2.75) is 174 Å². The van der Waals surface area contributed by atoms with Crippen molar-refractivity contribution in [1.82, 2.24) is 0 Å². The quantitative estimate of drug-likeness (QED) is 0.0249. The molecular formula is C74H97Cl3O25. The van der Waals surface area contributed by atoms with Crippen LogP contribution in [0.1, 0.15) is 131 Å². The highest BCUT2D eigenvalue weighted by molar-refractivity contribution is 6.32. The fourth-order valence-electron chi connectivity index (χ4n) is 11.2. The van der Waals surface area contributed by atoms with Crippen LogP contribution in [0.5, 0.6) is 17.2 Å². The first-order chi connectivity index (χ1) is 47.3. The molecule has 15 atom stereocenters. The third-order valence-electron chi connectivity index (χ3n) is 15.9. The maximum Gasteiger partial charge on any atom is 0.303 e. The Morgan fingerprint density at radius 2 is 0.686 bits per heavy atom. The molecule has 0 radical (unpaired) electrons. The van der Waals surface area contributed by atoms with E-state index >= 15 is 0 Å². The maximum absolute atomic E-state index is 12.2. The van der Waals surface area contributed by atoms with Crippen LogP contribution in [-0.4, -0.2) is 200 Å². The van der Waals surface area contributed by atoms with E-state index in [0.717, 1.165) is 50.6 Å². The second-order valence-electron chi connectivity index (χ2n) is 23.2. The second kappa shape index (κ2) is 43.9. The molecule has 3 fully saturated rings. The highest BCUT2D eigenvalue weighted by Crippen LogP contribution is 2.41. The SMILES string of the molecule is C.CCO.CCOc1ccc(Cc2cc([C@@H]3O[C@H](CO)[C@@H](O)[C@H](O)[C@H]3O)ccc2Cl)cc1.CCOc1ccc(Cc2cc([C@@H]3O[C@H](CO)[C@@H](O)[C@H](O)[C@H]3O)ccc2Cl)cc1.CCOc1ccc(Cc2cc([C@@H]3O[C@H](COC(C)=O)[C@@H](OC(C)=O)[C@H](OC(C)=O)[C@H]3OC(C)=O)ccc2Cl)cc1.O.O. The van der Waals surface area contributed by atoms with Crippen LogP contribution in [0.3, 0.4) is 0 Å². The van der Waals surface area contributed by atoms with Gasteiger partial charge < -0.3 is 104 Å². The summed E-state index contributed by atoms with van der Waals surface area (Å²) < 4.78 is 55.7. The molecule has 25 nitrogen and oxygen atoms in total. The van der Waals surface area contributed by atoms with Gasteiger partial charge in [-0.05, 0) is 152 Å². The van der Waals surface area contributed by atoms with Gasteiger partial charge in [-0.25, -0.2) is 0 Å². The van der Waals surface area contributed by atoms with Crippen LogP contribution in [-0.2, 0) is 71.6 Å². The molecule has 3 aliphatic rings. The first-order valence-corrected chi connectivity index (χ1v) is 33.4. The highest BCUT2D eigenvalue weighted by atomic mass is 35.5. The van der Waals surface area contributed by atoms with E-state index in [1.54, 1.807) is 49.4 Å². The number of aliphatic hydroxyl groups excluding tert-OH is 9. The fourth-order valence-corrected chi connectivity index (χ4v) is 11.8. The molecular weight excluding hydrogens is 1400 g/mol. The molecule has 564 valence electrons. The van der Waals surface area contributed by atoms with Crippen molar-refractivity contribution in [3.05, 3.63) is 193 Å². The minimum absolute atomic E-state index is 0. The van der Waals surface area contributed by atoms with Gasteiger partial charge in [-0.1, -0.05) is 115 Å². The van der Waals surface area contributed by atoms with E-state index in [-0.39, 0.29) is 31.6 Å². The van der Waals surface area contributed by atoms with E-state index in [1.165, 1.54) is 27.7 Å². The Morgan fingerprint density at radius 1 is 0.392 bits per heavy atom. The molecule has 6 aromatic rings. The summed E-state index contributed by atoms with van der Waals surface area (Å²) in [6.45, 7) is 13.0. The molecule has 28 heteroatoms. The number of aliphatic hydroxyl groups is 9. The molecule has 0 spiro atoms. The Labute approximate surface area is 608 Å². The van der Waals surface area contributed by atoms with Gasteiger partial charge in [0.15, 0.2) is 18.3 Å². The lowest BCUT2D eigenvalue weighted by atomic mass is 9.89. The zero-order valence-corrected chi connectivity index (χ0v) is 59.5. The molecule has 3 aliphatic heterocycles. The zero-order chi connectivity index (χ0) is 72.6. The second-order valence-corrected chi connectivity index (χ2v) is 24.5. The Morgan fingerprint density at radius 3 is 0.980 bits per heavy atom. The summed E-state index contributed by atoms with van der Waals surface area (Å²) in [6, 6.07) is 38.7. The number of benzene rings is 6. The summed E-state index contributed by atoms with van der Waals surface area (Å²) in [5.74, 6) is -0.291. The molecule has 9 rings (SSSR count). The zero-order valence-electron chi connectivity index (χ0n) is 57.2. The van der Waals surface area contributed by atoms with Crippen LogP contribution in [0.2, 0.25) is 15.1 Å². The number of esters is 4. The van der Waals surface area contributed by atoms with Gasteiger partial charge in [-0.3, -0.25) is 19.2 Å². The molecule has 0 aliphatic carbocycles. The number of hydrogen-bond acceptors (Lipinski definition) is 23. The average molecular weight is 1490 g/mol. The molecule has 6 aromatic carbocycles. The molecule has 13 N–H and O–H groups in total. The largest absolute Gasteiger partial charge is 0.494 e. The van der Waals surface area contributed by atoms with E-state index in [9.17, 15) is 60.0 Å². The Bertz CT molecular complexity index is 3370. The van der Waals surface area contributed by atoms with Crippen molar-refractivity contribution in [2.24, 2.45) is 0 Å². The van der Waals surface area contributed by atoms with Crippen molar-refractivity contribution in [3.8, 4) is 17.2 Å². The van der Waals surface area contributed by atoms with Crippen LogP contribution in [0.15, 0.2) is 127 Å². The van der Waals surface area contributed by atoms with Gasteiger partial charge in [0, 0.05) is 49.4 Å². The van der Waals surface area contributed by atoms with Crippen LogP contribution >= 0.6 is 34.8 Å². The van der Waals surface area contributed by atoms with Crippen LogP contribution < -0.4 is 14.2 Å². The van der Waals surface area contributed by atoms with Gasteiger partial charge in [-0.15, -0.1) is 0 Å². The van der Waals surface area contributed by atoms with Gasteiger partial charge in [0.1, 0.15) is 97.1 Å². The van der Waals surface area contributed by atoms with E-state index in [2.05, 4.69) is 0 Å². The molecule has 102 heavy (non-hydrogen) atoms. The maximum atomic E-state index is 12.2. The number of halogens is 3. The smallest absolute Gasteiger partial charge is 0.303 e. The summed E-state index contributed by atoms with van der Waals surface area (Å²) in [5.41, 5.74) is 7.26. The van der Waals surface area contributed by atoms with E-state index in [0.29, 0.717) is 70.8 Å². The Kier molecular flexibility index (Phi) is 38.3. The number of rotatable bonds is 22. The first-order valence-electron chi connectivity index (χ1n) is 32.3. The lowest BCUT2D eigenvalue weighted by molar-refractivity contribution is -0.254. The average Bonchev–Trinajstić information content (AvgIpc) is 0.787. The number of ether oxygens (including phenoxy) is 10. The predicted molar refractivity (Wildman–Crippen MR) is 379 cm³/mol.